The van der Waals surface area contributed by atoms with E-state index in [4.69, 9.17) is 0 Å². The fourth-order valence-corrected chi connectivity index (χ4v) is 4.54. The van der Waals surface area contributed by atoms with Gasteiger partial charge in [-0.25, -0.2) is 0 Å². The molecule has 1 unspecified atom stereocenters. The van der Waals surface area contributed by atoms with E-state index < -0.39 is 0 Å². The van der Waals surface area contributed by atoms with Gasteiger partial charge in [-0.3, -0.25) is 0 Å². The Balaban J connectivity index is 2.11. The van der Waals surface area contributed by atoms with Crippen LogP contribution in [0, 0.1) is 0 Å². The number of benzene rings is 1. The highest BCUT2D eigenvalue weighted by Crippen LogP contribution is 2.35. The van der Waals surface area contributed by atoms with Crippen molar-refractivity contribution in [3.63, 3.8) is 0 Å². The Kier molecular flexibility index (Phi) is 5.33. The summed E-state index contributed by atoms with van der Waals surface area (Å²) in [4.78, 5) is 0. The largest absolute Gasteiger partial charge is 0.380 e. The number of anilines is 1. The van der Waals surface area contributed by atoms with Crippen molar-refractivity contribution in [2.45, 2.75) is 25.3 Å². The van der Waals surface area contributed by atoms with Crippen LogP contribution in [0.5, 0.6) is 0 Å². The average Bonchev–Trinajstić information content (AvgIpc) is 2.51. The van der Waals surface area contributed by atoms with Gasteiger partial charge in [-0.05, 0) is 76.3 Å². The predicted molar refractivity (Wildman–Crippen MR) is 83.7 cm³/mol. The van der Waals surface area contributed by atoms with Gasteiger partial charge in [0.05, 0.1) is 5.69 Å². The molecule has 1 atom stereocenters. The first-order valence-corrected chi connectivity index (χ1v) is 8.16. The summed E-state index contributed by atoms with van der Waals surface area (Å²) in [7, 11) is 0. The highest BCUT2D eigenvalue weighted by atomic mass is 79.9. The van der Waals surface area contributed by atoms with Crippen molar-refractivity contribution in [3.05, 3.63) is 25.6 Å². The smallest absolute Gasteiger partial charge is 0.0631 e. The van der Waals surface area contributed by atoms with Crippen LogP contribution in [0.2, 0.25) is 0 Å². The molecule has 17 heavy (non-hydrogen) atoms. The number of nitrogens with one attached hydrogen (secondary N) is 2. The van der Waals surface area contributed by atoms with Gasteiger partial charge in [0.2, 0.25) is 0 Å². The SMILES string of the molecule is Brc1cc(Br)c(NC2CCCNCC2)c(Br)c1. The molecule has 0 bridgehead atoms. The van der Waals surface area contributed by atoms with Crippen molar-refractivity contribution in [2.24, 2.45) is 0 Å². The molecule has 0 saturated carbocycles. The van der Waals surface area contributed by atoms with Crippen LogP contribution in [0.15, 0.2) is 25.6 Å². The van der Waals surface area contributed by atoms with E-state index in [2.05, 4.69) is 70.6 Å². The van der Waals surface area contributed by atoms with Gasteiger partial charge in [0.1, 0.15) is 0 Å². The van der Waals surface area contributed by atoms with E-state index in [9.17, 15) is 0 Å². The maximum absolute atomic E-state index is 3.63. The first kappa shape index (κ1) is 13.8. The van der Waals surface area contributed by atoms with Crippen molar-refractivity contribution < 1.29 is 0 Å². The van der Waals surface area contributed by atoms with Crippen molar-refractivity contribution in [1.82, 2.24) is 5.32 Å². The van der Waals surface area contributed by atoms with E-state index in [0.29, 0.717) is 6.04 Å². The van der Waals surface area contributed by atoms with Crippen LogP contribution in [0.4, 0.5) is 5.69 Å². The van der Waals surface area contributed by atoms with Gasteiger partial charge in [0, 0.05) is 19.5 Å². The topological polar surface area (TPSA) is 24.1 Å². The number of hydrogen-bond acceptors (Lipinski definition) is 2. The molecule has 0 radical (unpaired) electrons. The second-order valence-electron chi connectivity index (χ2n) is 4.27. The summed E-state index contributed by atoms with van der Waals surface area (Å²) in [6.45, 7) is 2.24. The molecule has 5 heteroatoms. The minimum Gasteiger partial charge on any atom is -0.380 e. The molecule has 1 aromatic carbocycles. The third kappa shape index (κ3) is 3.94. The summed E-state index contributed by atoms with van der Waals surface area (Å²) in [6.07, 6.45) is 3.64. The van der Waals surface area contributed by atoms with Crippen LogP contribution < -0.4 is 10.6 Å². The van der Waals surface area contributed by atoms with E-state index in [-0.39, 0.29) is 0 Å². The molecular weight excluding hydrogens is 412 g/mol. The van der Waals surface area contributed by atoms with Gasteiger partial charge in [0.15, 0.2) is 0 Å². The van der Waals surface area contributed by atoms with Crippen LogP contribution in [0.1, 0.15) is 19.3 Å². The van der Waals surface area contributed by atoms with Crippen LogP contribution in [0.3, 0.4) is 0 Å². The van der Waals surface area contributed by atoms with Gasteiger partial charge in [-0.2, -0.15) is 0 Å². The Morgan fingerprint density at radius 1 is 1.06 bits per heavy atom. The minimum absolute atomic E-state index is 0.554. The van der Waals surface area contributed by atoms with Crippen LogP contribution in [-0.4, -0.2) is 19.1 Å². The van der Waals surface area contributed by atoms with Crippen molar-refractivity contribution in [2.75, 3.05) is 18.4 Å². The average molecular weight is 427 g/mol. The van der Waals surface area contributed by atoms with E-state index in [1.807, 2.05) is 0 Å². The van der Waals surface area contributed by atoms with Crippen molar-refractivity contribution >= 4 is 53.5 Å². The Bertz CT molecular complexity index is 364. The zero-order chi connectivity index (χ0) is 12.3. The Labute approximate surface area is 127 Å². The Morgan fingerprint density at radius 2 is 1.76 bits per heavy atom. The van der Waals surface area contributed by atoms with E-state index in [1.54, 1.807) is 0 Å². The fraction of sp³-hybridized carbons (Fsp3) is 0.500. The molecular formula is C12H15Br3N2. The van der Waals surface area contributed by atoms with E-state index in [0.717, 1.165) is 32.2 Å². The lowest BCUT2D eigenvalue weighted by Crippen LogP contribution is -2.21. The van der Waals surface area contributed by atoms with Crippen LogP contribution >= 0.6 is 47.8 Å². The third-order valence-corrected chi connectivity index (χ3v) is 4.64. The molecule has 94 valence electrons. The lowest BCUT2D eigenvalue weighted by Gasteiger charge is -2.20. The molecule has 1 aliphatic rings. The molecule has 1 saturated heterocycles. The first-order chi connectivity index (χ1) is 8.16. The maximum Gasteiger partial charge on any atom is 0.0631 e. The van der Waals surface area contributed by atoms with Gasteiger partial charge in [0.25, 0.3) is 0 Å². The molecule has 2 N–H and O–H groups in total. The van der Waals surface area contributed by atoms with Crippen molar-refractivity contribution in [1.29, 1.82) is 0 Å². The Morgan fingerprint density at radius 3 is 2.47 bits per heavy atom. The quantitative estimate of drug-likeness (QED) is 0.726. The monoisotopic (exact) mass is 424 g/mol. The molecule has 1 aromatic rings. The molecule has 1 fully saturated rings. The number of rotatable bonds is 2. The van der Waals surface area contributed by atoms with Gasteiger partial charge in [-0.1, -0.05) is 15.9 Å². The molecule has 2 nitrogen and oxygen atoms in total. The Hall–Kier alpha value is 0.420. The van der Waals surface area contributed by atoms with Gasteiger partial charge < -0.3 is 10.6 Å². The van der Waals surface area contributed by atoms with Crippen LogP contribution in [-0.2, 0) is 0 Å². The standard InChI is InChI=1S/C12H15Br3N2/c13-8-6-10(14)12(11(15)7-8)17-9-2-1-4-16-5-3-9/h6-7,9,16-17H,1-5H2. The minimum atomic E-state index is 0.554. The van der Waals surface area contributed by atoms with E-state index in [1.165, 1.54) is 19.3 Å². The molecule has 2 rings (SSSR count). The second kappa shape index (κ2) is 6.55. The summed E-state index contributed by atoms with van der Waals surface area (Å²) in [5.74, 6) is 0. The van der Waals surface area contributed by atoms with Crippen LogP contribution in [0.25, 0.3) is 0 Å². The first-order valence-electron chi connectivity index (χ1n) is 5.78. The molecule has 0 amide bonds. The van der Waals surface area contributed by atoms with Gasteiger partial charge in [-0.15, -0.1) is 0 Å². The predicted octanol–water partition coefficient (Wildman–Crippen LogP) is 4.53. The number of halogens is 3. The lowest BCUT2D eigenvalue weighted by molar-refractivity contribution is 0.637. The molecule has 0 spiro atoms. The molecule has 0 aliphatic carbocycles. The third-order valence-electron chi connectivity index (χ3n) is 2.93. The molecule has 1 aliphatic heterocycles. The second-order valence-corrected chi connectivity index (χ2v) is 6.89. The normalized spacial score (nSPS) is 21.0. The molecule has 1 heterocycles. The maximum atomic E-state index is 3.63. The summed E-state index contributed by atoms with van der Waals surface area (Å²) >= 11 is 10.7. The highest BCUT2D eigenvalue weighted by Gasteiger charge is 2.14. The fourth-order valence-electron chi connectivity index (χ4n) is 2.05. The lowest BCUT2D eigenvalue weighted by atomic mass is 10.1. The highest BCUT2D eigenvalue weighted by molar-refractivity contribution is 9.11. The summed E-state index contributed by atoms with van der Waals surface area (Å²) in [5, 5.41) is 7.06. The molecule has 0 aromatic heterocycles. The summed E-state index contributed by atoms with van der Waals surface area (Å²) in [5.41, 5.74) is 1.15. The summed E-state index contributed by atoms with van der Waals surface area (Å²) in [6, 6.07) is 4.70. The number of hydrogen-bond donors (Lipinski definition) is 2. The summed E-state index contributed by atoms with van der Waals surface area (Å²) < 4.78 is 3.26. The zero-order valence-electron chi connectivity index (χ0n) is 9.40. The van der Waals surface area contributed by atoms with Gasteiger partial charge >= 0.3 is 0 Å². The van der Waals surface area contributed by atoms with E-state index >= 15 is 0 Å². The van der Waals surface area contributed by atoms with Crippen molar-refractivity contribution in [3.8, 4) is 0 Å². The zero-order valence-corrected chi connectivity index (χ0v) is 14.2.